The van der Waals surface area contributed by atoms with Crippen molar-refractivity contribution in [1.82, 2.24) is 10.2 Å². The molecule has 4 bridgehead atoms. The minimum absolute atomic E-state index is 0.0251. The number of carbonyl (C=O) groups is 2. The van der Waals surface area contributed by atoms with Crippen LogP contribution in [0.25, 0.3) is 0 Å². The van der Waals surface area contributed by atoms with E-state index in [1.807, 2.05) is 42.5 Å². The molecular weight excluding hydrogens is 638 g/mol. The molecule has 7 nitrogen and oxygen atoms in total. The van der Waals surface area contributed by atoms with E-state index in [1.165, 1.54) is 61.1 Å². The topological polar surface area (TPSA) is 86.8 Å². The molecule has 1 N–H and O–H groups in total. The van der Waals surface area contributed by atoms with E-state index in [0.29, 0.717) is 11.3 Å². The molecule has 0 aromatic heterocycles. The third-order valence-corrected chi connectivity index (χ3v) is 12.9. The van der Waals surface area contributed by atoms with Crippen molar-refractivity contribution in [3.8, 4) is 0 Å². The zero-order valence-electron chi connectivity index (χ0n) is 28.4. The lowest BCUT2D eigenvalue weighted by atomic mass is 9.48. The van der Waals surface area contributed by atoms with Gasteiger partial charge in [-0.05, 0) is 115 Å². The zero-order valence-corrected chi connectivity index (χ0v) is 29.2. The molecule has 1 atom stereocenters. The molecule has 9 heteroatoms. The van der Waals surface area contributed by atoms with E-state index in [2.05, 4.69) is 17.4 Å². The van der Waals surface area contributed by atoms with Crippen molar-refractivity contribution in [3.63, 3.8) is 0 Å². The average Bonchev–Trinajstić information content (AvgIpc) is 3.58. The standard InChI is InChI=1S/C40H48FN3O4S/c1-49(47,48)44(36-17-13-33(14-18-36)40-23-30-19-31(24-40)21-32(20-30)25-40)27-38(45)43(26-29-11-15-34(41)16-12-29)37(22-28-7-3-2-4-8-28)39(46)42-35-9-5-6-10-35/h2-4,7-8,11-18,30-32,35,37H,5-6,9-10,19-27H2,1H3,(H,42,46)/t30?,31?,32?,37-,40?/m1/s1. The molecule has 5 fully saturated rings. The Labute approximate surface area is 290 Å². The third-order valence-electron chi connectivity index (χ3n) is 11.7. The molecule has 5 aliphatic carbocycles. The summed E-state index contributed by atoms with van der Waals surface area (Å²) in [6.45, 7) is -0.435. The number of carbonyl (C=O) groups excluding carboxylic acids is 2. The van der Waals surface area contributed by atoms with Crippen LogP contribution in [0.3, 0.4) is 0 Å². The molecule has 0 aliphatic heterocycles. The Morgan fingerprint density at radius 2 is 1.43 bits per heavy atom. The van der Waals surface area contributed by atoms with E-state index in [0.717, 1.165) is 59.6 Å². The first-order valence-corrected chi connectivity index (χ1v) is 19.9. The first-order valence-electron chi connectivity index (χ1n) is 18.0. The van der Waals surface area contributed by atoms with Gasteiger partial charge in [0.2, 0.25) is 21.8 Å². The van der Waals surface area contributed by atoms with Gasteiger partial charge < -0.3 is 10.2 Å². The second-order valence-electron chi connectivity index (χ2n) is 15.4. The third kappa shape index (κ3) is 7.57. The average molecular weight is 686 g/mol. The lowest BCUT2D eigenvalue weighted by molar-refractivity contribution is -0.140. The maximum atomic E-state index is 14.5. The minimum Gasteiger partial charge on any atom is -0.352 e. The van der Waals surface area contributed by atoms with Gasteiger partial charge in [-0.1, -0.05) is 67.4 Å². The summed E-state index contributed by atoms with van der Waals surface area (Å²) in [6.07, 6.45) is 12.9. The van der Waals surface area contributed by atoms with E-state index < -0.39 is 34.3 Å². The van der Waals surface area contributed by atoms with Gasteiger partial charge in [0.05, 0.1) is 11.9 Å². The molecular formula is C40H48FN3O4S. The van der Waals surface area contributed by atoms with Gasteiger partial charge in [0.15, 0.2) is 0 Å². The molecule has 0 heterocycles. The summed E-state index contributed by atoms with van der Waals surface area (Å²) >= 11 is 0. The number of amides is 2. The molecule has 3 aromatic rings. The van der Waals surface area contributed by atoms with Crippen LogP contribution in [0.2, 0.25) is 0 Å². The largest absolute Gasteiger partial charge is 0.352 e. The summed E-state index contributed by atoms with van der Waals surface area (Å²) in [6, 6.07) is 22.4. The number of halogens is 1. The molecule has 0 radical (unpaired) electrons. The Kier molecular flexibility index (Phi) is 9.57. The van der Waals surface area contributed by atoms with Crippen LogP contribution in [0, 0.1) is 23.6 Å². The Bertz CT molecular complexity index is 1700. The zero-order chi connectivity index (χ0) is 34.2. The summed E-state index contributed by atoms with van der Waals surface area (Å²) in [5.41, 5.74) is 3.40. The highest BCUT2D eigenvalue weighted by molar-refractivity contribution is 7.92. The summed E-state index contributed by atoms with van der Waals surface area (Å²) in [4.78, 5) is 30.0. The van der Waals surface area contributed by atoms with E-state index in [9.17, 15) is 22.4 Å². The number of sulfonamides is 1. The first kappa shape index (κ1) is 33.8. The maximum absolute atomic E-state index is 14.5. The maximum Gasteiger partial charge on any atom is 0.244 e. The van der Waals surface area contributed by atoms with Gasteiger partial charge in [-0.2, -0.15) is 0 Å². The highest BCUT2D eigenvalue weighted by Gasteiger charge is 2.51. The molecule has 2 amide bonds. The van der Waals surface area contributed by atoms with Crippen LogP contribution in [0.5, 0.6) is 0 Å². The summed E-state index contributed by atoms with van der Waals surface area (Å²) in [5, 5.41) is 3.18. The van der Waals surface area contributed by atoms with E-state index >= 15 is 0 Å². The van der Waals surface area contributed by atoms with Gasteiger partial charge in [0, 0.05) is 19.0 Å². The van der Waals surface area contributed by atoms with Crippen molar-refractivity contribution >= 4 is 27.5 Å². The Hall–Kier alpha value is -3.72. The fraction of sp³-hybridized carbons (Fsp3) is 0.500. The number of nitrogens with zero attached hydrogens (tertiary/aromatic N) is 2. The summed E-state index contributed by atoms with van der Waals surface area (Å²) in [5.74, 6) is 1.20. The Morgan fingerprint density at radius 3 is 2.00 bits per heavy atom. The molecule has 49 heavy (non-hydrogen) atoms. The van der Waals surface area contributed by atoms with Gasteiger partial charge in [0.25, 0.3) is 0 Å². The van der Waals surface area contributed by atoms with Crippen LogP contribution < -0.4 is 9.62 Å². The highest BCUT2D eigenvalue weighted by atomic mass is 32.2. The van der Waals surface area contributed by atoms with Gasteiger partial charge in [-0.3, -0.25) is 13.9 Å². The van der Waals surface area contributed by atoms with Crippen molar-refractivity contribution in [2.75, 3.05) is 17.1 Å². The van der Waals surface area contributed by atoms with Gasteiger partial charge in [-0.15, -0.1) is 0 Å². The van der Waals surface area contributed by atoms with Gasteiger partial charge in [-0.25, -0.2) is 12.8 Å². The number of hydrogen-bond donors (Lipinski definition) is 1. The summed E-state index contributed by atoms with van der Waals surface area (Å²) in [7, 11) is -3.87. The predicted octanol–water partition coefficient (Wildman–Crippen LogP) is 6.76. The van der Waals surface area contributed by atoms with Gasteiger partial charge >= 0.3 is 0 Å². The van der Waals surface area contributed by atoms with Crippen LogP contribution in [0.4, 0.5) is 10.1 Å². The fourth-order valence-electron chi connectivity index (χ4n) is 9.77. The monoisotopic (exact) mass is 685 g/mol. The minimum atomic E-state index is -3.87. The lowest BCUT2D eigenvalue weighted by Crippen LogP contribution is -2.54. The molecule has 0 unspecified atom stereocenters. The Balaban J connectivity index is 1.18. The quantitative estimate of drug-likeness (QED) is 0.228. The van der Waals surface area contributed by atoms with Gasteiger partial charge in [0.1, 0.15) is 18.4 Å². The normalized spacial score (nSPS) is 25.2. The number of benzene rings is 3. The second kappa shape index (κ2) is 13.9. The molecule has 0 saturated heterocycles. The number of rotatable bonds is 12. The van der Waals surface area contributed by atoms with Crippen molar-refractivity contribution in [2.45, 2.75) is 94.7 Å². The first-order chi connectivity index (χ1) is 23.5. The van der Waals surface area contributed by atoms with E-state index in [1.54, 1.807) is 12.1 Å². The van der Waals surface area contributed by atoms with Crippen molar-refractivity contribution in [2.24, 2.45) is 17.8 Å². The number of hydrogen-bond acceptors (Lipinski definition) is 4. The van der Waals surface area contributed by atoms with E-state index in [4.69, 9.17) is 0 Å². The molecule has 5 saturated carbocycles. The number of anilines is 1. The molecule has 5 aliphatic rings. The van der Waals surface area contributed by atoms with Crippen molar-refractivity contribution in [1.29, 1.82) is 0 Å². The molecule has 3 aromatic carbocycles. The van der Waals surface area contributed by atoms with Crippen molar-refractivity contribution < 1.29 is 22.4 Å². The predicted molar refractivity (Wildman–Crippen MR) is 190 cm³/mol. The van der Waals surface area contributed by atoms with Crippen LogP contribution >= 0.6 is 0 Å². The highest BCUT2D eigenvalue weighted by Crippen LogP contribution is 2.60. The van der Waals surface area contributed by atoms with Crippen LogP contribution in [0.1, 0.15) is 80.9 Å². The van der Waals surface area contributed by atoms with Crippen molar-refractivity contribution in [3.05, 3.63) is 101 Å². The second-order valence-corrected chi connectivity index (χ2v) is 17.3. The Morgan fingerprint density at radius 1 is 0.837 bits per heavy atom. The van der Waals surface area contributed by atoms with Crippen LogP contribution in [0.15, 0.2) is 78.9 Å². The number of nitrogens with one attached hydrogen (secondary N) is 1. The summed E-state index contributed by atoms with van der Waals surface area (Å²) < 4.78 is 41.8. The smallest absolute Gasteiger partial charge is 0.244 e. The molecule has 0 spiro atoms. The molecule has 260 valence electrons. The van der Waals surface area contributed by atoms with Crippen LogP contribution in [-0.4, -0.2) is 50.0 Å². The van der Waals surface area contributed by atoms with Crippen LogP contribution in [-0.2, 0) is 38.0 Å². The fourth-order valence-corrected chi connectivity index (χ4v) is 10.6. The van der Waals surface area contributed by atoms with E-state index in [-0.39, 0.29) is 30.3 Å². The SMILES string of the molecule is CS(=O)(=O)N(CC(=O)N(Cc1ccc(F)cc1)[C@H](Cc1ccccc1)C(=O)NC1CCCC1)c1ccc(C23CC4CC(CC(C4)C2)C3)cc1. The molecule has 8 rings (SSSR count). The lowest BCUT2D eigenvalue weighted by Gasteiger charge is -2.57.